The molecular weight excluding hydrogens is 360 g/mol. The van der Waals surface area contributed by atoms with Crippen molar-refractivity contribution in [3.63, 3.8) is 0 Å². The van der Waals surface area contributed by atoms with Gasteiger partial charge in [-0.2, -0.15) is 0 Å². The SMILES string of the molecule is CCCCCCCCC(CCCCCCCCC(=O)OC)SCC(=O)OC. The topological polar surface area (TPSA) is 52.6 Å². The number of unbranched alkanes of at least 4 members (excludes halogenated alkanes) is 10. The average molecular weight is 403 g/mol. The predicted octanol–water partition coefficient (Wildman–Crippen LogP) is 6.31. The average Bonchev–Trinajstić information content (AvgIpc) is 2.69. The molecule has 0 fully saturated rings. The normalized spacial score (nSPS) is 12.0. The largest absolute Gasteiger partial charge is 0.469 e. The van der Waals surface area contributed by atoms with E-state index in [-0.39, 0.29) is 11.9 Å². The van der Waals surface area contributed by atoms with Crippen LogP contribution in [-0.2, 0) is 19.1 Å². The molecule has 0 aliphatic carbocycles. The van der Waals surface area contributed by atoms with Crippen LogP contribution in [0.3, 0.4) is 0 Å². The minimum Gasteiger partial charge on any atom is -0.469 e. The first kappa shape index (κ1) is 26.3. The van der Waals surface area contributed by atoms with Gasteiger partial charge in [0.25, 0.3) is 0 Å². The maximum Gasteiger partial charge on any atom is 0.315 e. The lowest BCUT2D eigenvalue weighted by molar-refractivity contribution is -0.140. The molecule has 1 atom stereocenters. The molecule has 0 amide bonds. The van der Waals surface area contributed by atoms with E-state index in [0.29, 0.717) is 17.4 Å². The van der Waals surface area contributed by atoms with Gasteiger partial charge < -0.3 is 9.47 Å². The highest BCUT2D eigenvalue weighted by Crippen LogP contribution is 2.24. The van der Waals surface area contributed by atoms with Crippen molar-refractivity contribution in [1.29, 1.82) is 0 Å². The minimum absolute atomic E-state index is 0.102. The van der Waals surface area contributed by atoms with E-state index in [1.165, 1.54) is 91.3 Å². The number of ether oxygens (including phenoxy) is 2. The molecule has 160 valence electrons. The van der Waals surface area contributed by atoms with Crippen LogP contribution in [0.15, 0.2) is 0 Å². The number of carbonyl (C=O) groups is 2. The van der Waals surface area contributed by atoms with Gasteiger partial charge in [-0.25, -0.2) is 0 Å². The first-order chi connectivity index (χ1) is 13.1. The summed E-state index contributed by atoms with van der Waals surface area (Å²) in [5.41, 5.74) is 0. The molecule has 0 heterocycles. The monoisotopic (exact) mass is 402 g/mol. The maximum atomic E-state index is 11.4. The molecule has 0 aromatic carbocycles. The van der Waals surface area contributed by atoms with Gasteiger partial charge >= 0.3 is 11.9 Å². The molecule has 0 bridgehead atoms. The Balaban J connectivity index is 3.81. The highest BCUT2D eigenvalue weighted by Gasteiger charge is 2.12. The van der Waals surface area contributed by atoms with Crippen LogP contribution in [0, 0.1) is 0 Å². The van der Waals surface area contributed by atoms with Crippen molar-refractivity contribution in [2.24, 2.45) is 0 Å². The molecular formula is C22H42O4S. The van der Waals surface area contributed by atoms with Crippen LogP contribution in [0.25, 0.3) is 0 Å². The fraction of sp³-hybridized carbons (Fsp3) is 0.909. The van der Waals surface area contributed by atoms with E-state index in [4.69, 9.17) is 4.74 Å². The van der Waals surface area contributed by atoms with Gasteiger partial charge in [-0.3, -0.25) is 9.59 Å². The third kappa shape index (κ3) is 18.4. The zero-order valence-corrected chi connectivity index (χ0v) is 18.7. The number of hydrogen-bond donors (Lipinski definition) is 0. The van der Waals surface area contributed by atoms with E-state index < -0.39 is 0 Å². The molecule has 5 heteroatoms. The van der Waals surface area contributed by atoms with Gasteiger partial charge in [-0.1, -0.05) is 77.6 Å². The molecule has 0 N–H and O–H groups in total. The van der Waals surface area contributed by atoms with Crippen LogP contribution in [0.1, 0.15) is 103 Å². The zero-order valence-electron chi connectivity index (χ0n) is 17.9. The quantitative estimate of drug-likeness (QED) is 0.187. The lowest BCUT2D eigenvalue weighted by Crippen LogP contribution is -2.10. The smallest absolute Gasteiger partial charge is 0.315 e. The minimum atomic E-state index is -0.112. The zero-order chi connectivity index (χ0) is 20.2. The van der Waals surface area contributed by atoms with Gasteiger partial charge in [0.05, 0.1) is 20.0 Å². The molecule has 27 heavy (non-hydrogen) atoms. The van der Waals surface area contributed by atoms with Crippen LogP contribution in [0.4, 0.5) is 0 Å². The number of thioether (sulfide) groups is 1. The summed E-state index contributed by atoms with van der Waals surface area (Å²) in [6.45, 7) is 2.25. The fourth-order valence-corrected chi connectivity index (χ4v) is 4.31. The lowest BCUT2D eigenvalue weighted by atomic mass is 10.0. The summed E-state index contributed by atoms with van der Waals surface area (Å²) in [5.74, 6) is 0.263. The number of hydrogen-bond acceptors (Lipinski definition) is 5. The van der Waals surface area contributed by atoms with Gasteiger partial charge in [0, 0.05) is 11.7 Å². The standard InChI is InChI=1S/C22H42O4S/c1-4-5-6-7-10-13-16-20(27-19-22(24)26-3)17-14-11-8-9-12-15-18-21(23)25-2/h20H,4-19H2,1-3H3. The van der Waals surface area contributed by atoms with Gasteiger partial charge in [-0.05, 0) is 19.3 Å². The van der Waals surface area contributed by atoms with Crippen molar-refractivity contribution in [3.05, 3.63) is 0 Å². The van der Waals surface area contributed by atoms with Crippen LogP contribution < -0.4 is 0 Å². The van der Waals surface area contributed by atoms with Crippen LogP contribution in [0.5, 0.6) is 0 Å². The van der Waals surface area contributed by atoms with Crippen LogP contribution in [-0.4, -0.2) is 37.2 Å². The fourth-order valence-electron chi connectivity index (χ4n) is 3.16. The second kappa shape index (κ2) is 20.0. The second-order valence-corrected chi connectivity index (χ2v) is 8.59. The van der Waals surface area contributed by atoms with Gasteiger partial charge in [0.15, 0.2) is 0 Å². The van der Waals surface area contributed by atoms with Crippen LogP contribution >= 0.6 is 11.8 Å². The van der Waals surface area contributed by atoms with E-state index in [2.05, 4.69) is 11.7 Å². The Morgan fingerprint density at radius 3 is 1.70 bits per heavy atom. The Kier molecular flexibility index (Phi) is 19.5. The van der Waals surface area contributed by atoms with Crippen molar-refractivity contribution in [1.82, 2.24) is 0 Å². The van der Waals surface area contributed by atoms with Gasteiger partial charge in [0.1, 0.15) is 0 Å². The number of carbonyl (C=O) groups excluding carboxylic acids is 2. The first-order valence-corrected chi connectivity index (χ1v) is 11.9. The molecule has 0 aromatic heterocycles. The molecule has 0 aromatic rings. The Hall–Kier alpha value is -0.710. The van der Waals surface area contributed by atoms with E-state index in [0.717, 1.165) is 12.8 Å². The molecule has 0 saturated carbocycles. The molecule has 0 spiro atoms. The van der Waals surface area contributed by atoms with Crippen molar-refractivity contribution < 1.29 is 19.1 Å². The third-order valence-electron chi connectivity index (χ3n) is 4.93. The molecule has 0 rings (SSSR count). The summed E-state index contributed by atoms with van der Waals surface area (Å²) in [5, 5.41) is 0.578. The molecule has 0 aliphatic rings. The molecule has 1 unspecified atom stereocenters. The Morgan fingerprint density at radius 2 is 1.19 bits per heavy atom. The van der Waals surface area contributed by atoms with Crippen molar-refractivity contribution >= 4 is 23.7 Å². The van der Waals surface area contributed by atoms with E-state index >= 15 is 0 Å². The third-order valence-corrected chi connectivity index (χ3v) is 6.27. The summed E-state index contributed by atoms with van der Waals surface area (Å²) in [6, 6.07) is 0. The molecule has 0 saturated heterocycles. The Morgan fingerprint density at radius 1 is 0.704 bits per heavy atom. The summed E-state index contributed by atoms with van der Waals surface area (Å²) in [4.78, 5) is 22.5. The second-order valence-electron chi connectivity index (χ2n) is 7.30. The van der Waals surface area contributed by atoms with Gasteiger partial charge in [0.2, 0.25) is 0 Å². The summed E-state index contributed by atoms with van der Waals surface area (Å²) in [7, 11) is 2.91. The first-order valence-electron chi connectivity index (χ1n) is 10.9. The predicted molar refractivity (Wildman–Crippen MR) is 115 cm³/mol. The lowest BCUT2D eigenvalue weighted by Gasteiger charge is -2.16. The van der Waals surface area contributed by atoms with E-state index in [1.807, 2.05) is 0 Å². The van der Waals surface area contributed by atoms with Crippen molar-refractivity contribution in [2.45, 2.75) is 108 Å². The molecule has 0 aliphatic heterocycles. The van der Waals surface area contributed by atoms with E-state index in [1.54, 1.807) is 11.8 Å². The van der Waals surface area contributed by atoms with Gasteiger partial charge in [-0.15, -0.1) is 11.8 Å². The summed E-state index contributed by atoms with van der Waals surface area (Å²) >= 11 is 1.77. The van der Waals surface area contributed by atoms with Crippen molar-refractivity contribution in [3.8, 4) is 0 Å². The Labute approximate surface area is 171 Å². The molecule has 4 nitrogen and oxygen atoms in total. The number of rotatable bonds is 19. The summed E-state index contributed by atoms with van der Waals surface area (Å²) in [6.07, 6.45) is 17.8. The highest BCUT2D eigenvalue weighted by atomic mass is 32.2. The highest BCUT2D eigenvalue weighted by molar-refractivity contribution is 8.00. The number of methoxy groups -OCH3 is 2. The van der Waals surface area contributed by atoms with E-state index in [9.17, 15) is 9.59 Å². The van der Waals surface area contributed by atoms with Crippen LogP contribution in [0.2, 0.25) is 0 Å². The maximum absolute atomic E-state index is 11.4. The Bertz CT molecular complexity index is 360. The molecule has 0 radical (unpaired) electrons. The van der Waals surface area contributed by atoms with Crippen molar-refractivity contribution in [2.75, 3.05) is 20.0 Å². The summed E-state index contributed by atoms with van der Waals surface area (Å²) < 4.78 is 9.44. The number of esters is 2.